The molecule has 1 saturated carbocycles. The monoisotopic (exact) mass is 284 g/mol. The van der Waals surface area contributed by atoms with Crippen molar-refractivity contribution in [2.45, 2.75) is 69.5 Å². The smallest absolute Gasteiger partial charge is 0.0701 e. The number of aliphatic hydroxyl groups is 1. The van der Waals surface area contributed by atoms with E-state index in [9.17, 15) is 5.11 Å². The molecule has 2 atom stereocenters. The van der Waals surface area contributed by atoms with Crippen LogP contribution in [0.25, 0.3) is 0 Å². The molecule has 0 radical (unpaired) electrons. The zero-order chi connectivity index (χ0) is 13.1. The van der Waals surface area contributed by atoms with Crippen LogP contribution in [0.2, 0.25) is 0 Å². The molecular formula is C16H28O2S. The molecular weight excluding hydrogens is 256 g/mol. The van der Waals surface area contributed by atoms with Crippen molar-refractivity contribution in [1.82, 2.24) is 0 Å². The lowest BCUT2D eigenvalue weighted by Gasteiger charge is -2.44. The van der Waals surface area contributed by atoms with E-state index in [4.69, 9.17) is 4.74 Å². The summed E-state index contributed by atoms with van der Waals surface area (Å²) in [4.78, 5) is 0. The Hall–Kier alpha value is 0.270. The van der Waals surface area contributed by atoms with Crippen molar-refractivity contribution in [3.05, 3.63) is 0 Å². The Morgan fingerprint density at radius 1 is 1.16 bits per heavy atom. The number of rotatable bonds is 3. The molecule has 1 spiro atoms. The zero-order valence-electron chi connectivity index (χ0n) is 12.0. The molecule has 0 amide bonds. The molecule has 0 aromatic heterocycles. The van der Waals surface area contributed by atoms with Crippen LogP contribution in [0.3, 0.4) is 0 Å². The molecule has 2 nitrogen and oxygen atoms in total. The average molecular weight is 284 g/mol. The van der Waals surface area contributed by atoms with Gasteiger partial charge in [-0.25, -0.2) is 0 Å². The van der Waals surface area contributed by atoms with E-state index < -0.39 is 0 Å². The topological polar surface area (TPSA) is 29.5 Å². The Labute approximate surface area is 121 Å². The number of thioether (sulfide) groups is 1. The Morgan fingerprint density at radius 3 is 2.63 bits per heavy atom. The molecule has 2 unspecified atom stereocenters. The summed E-state index contributed by atoms with van der Waals surface area (Å²) < 4.78 is 6.13. The van der Waals surface area contributed by atoms with Gasteiger partial charge in [0.05, 0.1) is 11.7 Å². The van der Waals surface area contributed by atoms with Gasteiger partial charge >= 0.3 is 0 Å². The maximum Gasteiger partial charge on any atom is 0.0701 e. The normalized spacial score (nSPS) is 33.6. The minimum atomic E-state index is -0.0709. The van der Waals surface area contributed by atoms with Gasteiger partial charge in [-0.2, -0.15) is 11.8 Å². The van der Waals surface area contributed by atoms with E-state index in [0.29, 0.717) is 5.92 Å². The summed E-state index contributed by atoms with van der Waals surface area (Å²) in [6.07, 6.45) is 11.0. The highest BCUT2D eigenvalue weighted by atomic mass is 32.2. The molecule has 110 valence electrons. The molecule has 3 fully saturated rings. The first-order chi connectivity index (χ1) is 9.27. The highest BCUT2D eigenvalue weighted by molar-refractivity contribution is 7.99. The first kappa shape index (κ1) is 14.2. The van der Waals surface area contributed by atoms with Gasteiger partial charge in [-0.1, -0.05) is 25.7 Å². The minimum absolute atomic E-state index is 0.0709. The fourth-order valence-corrected chi connectivity index (χ4v) is 5.50. The summed E-state index contributed by atoms with van der Waals surface area (Å²) in [5.74, 6) is 3.78. The first-order valence-electron chi connectivity index (χ1n) is 8.17. The molecule has 0 bridgehead atoms. The number of ether oxygens (including phenoxy) is 1. The lowest BCUT2D eigenvalue weighted by molar-refractivity contribution is -0.122. The second-order valence-electron chi connectivity index (χ2n) is 6.85. The van der Waals surface area contributed by atoms with Crippen LogP contribution in [0.4, 0.5) is 0 Å². The molecule has 19 heavy (non-hydrogen) atoms. The van der Waals surface area contributed by atoms with Gasteiger partial charge in [0.25, 0.3) is 0 Å². The van der Waals surface area contributed by atoms with Crippen molar-refractivity contribution >= 4 is 11.8 Å². The van der Waals surface area contributed by atoms with Gasteiger partial charge in [-0.3, -0.25) is 0 Å². The second-order valence-corrected chi connectivity index (χ2v) is 8.08. The summed E-state index contributed by atoms with van der Waals surface area (Å²) in [5, 5.41) is 10.6. The molecule has 3 rings (SSSR count). The van der Waals surface area contributed by atoms with Gasteiger partial charge < -0.3 is 9.84 Å². The van der Waals surface area contributed by atoms with Crippen molar-refractivity contribution in [2.24, 2.45) is 11.8 Å². The summed E-state index contributed by atoms with van der Waals surface area (Å²) in [5.41, 5.74) is 0.130. The van der Waals surface area contributed by atoms with Crippen molar-refractivity contribution < 1.29 is 9.84 Å². The fourth-order valence-electron chi connectivity index (χ4n) is 4.27. The van der Waals surface area contributed by atoms with Crippen molar-refractivity contribution in [3.8, 4) is 0 Å². The Balaban J connectivity index is 1.54. The Kier molecular flexibility index (Phi) is 4.76. The quantitative estimate of drug-likeness (QED) is 0.858. The molecule has 0 aromatic carbocycles. The van der Waals surface area contributed by atoms with Crippen molar-refractivity contribution in [1.29, 1.82) is 0 Å². The van der Waals surface area contributed by atoms with Gasteiger partial charge in [0, 0.05) is 6.61 Å². The molecule has 3 heteroatoms. The average Bonchev–Trinajstić information content (AvgIpc) is 2.92. The molecule has 2 heterocycles. The largest absolute Gasteiger partial charge is 0.393 e. The van der Waals surface area contributed by atoms with Gasteiger partial charge in [0.2, 0.25) is 0 Å². The van der Waals surface area contributed by atoms with Crippen LogP contribution in [-0.2, 0) is 4.74 Å². The highest BCUT2D eigenvalue weighted by Crippen LogP contribution is 2.42. The molecule has 2 aliphatic heterocycles. The van der Waals surface area contributed by atoms with Gasteiger partial charge in [-0.05, 0) is 55.4 Å². The third kappa shape index (κ3) is 3.48. The minimum Gasteiger partial charge on any atom is -0.393 e. The maximum atomic E-state index is 10.6. The molecule has 2 saturated heterocycles. The summed E-state index contributed by atoms with van der Waals surface area (Å²) in [6, 6.07) is 0. The van der Waals surface area contributed by atoms with Gasteiger partial charge in [0.1, 0.15) is 0 Å². The summed E-state index contributed by atoms with van der Waals surface area (Å²) >= 11 is 2.06. The van der Waals surface area contributed by atoms with E-state index in [-0.39, 0.29) is 11.7 Å². The summed E-state index contributed by atoms with van der Waals surface area (Å²) in [6.45, 7) is 0.872. The van der Waals surface area contributed by atoms with Crippen LogP contribution in [0.5, 0.6) is 0 Å². The van der Waals surface area contributed by atoms with Crippen LogP contribution in [0.15, 0.2) is 0 Å². The predicted octanol–water partition coefficient (Wildman–Crippen LogP) is 3.62. The van der Waals surface area contributed by atoms with E-state index in [1.54, 1.807) is 0 Å². The van der Waals surface area contributed by atoms with Crippen LogP contribution in [0, 0.1) is 11.8 Å². The molecule has 0 aromatic rings. The first-order valence-corrected chi connectivity index (χ1v) is 9.33. The SMILES string of the molecule is OC(CC1CCCC1)C1CCOC2(CCSCC2)C1. The van der Waals surface area contributed by atoms with Crippen molar-refractivity contribution in [2.75, 3.05) is 18.1 Å². The van der Waals surface area contributed by atoms with Crippen LogP contribution in [-0.4, -0.2) is 34.9 Å². The lowest BCUT2D eigenvalue weighted by Crippen LogP contribution is -2.45. The number of aliphatic hydroxyl groups excluding tert-OH is 1. The van der Waals surface area contributed by atoms with E-state index in [1.165, 1.54) is 50.0 Å². The van der Waals surface area contributed by atoms with E-state index >= 15 is 0 Å². The Morgan fingerprint density at radius 2 is 1.89 bits per heavy atom. The number of hydrogen-bond acceptors (Lipinski definition) is 3. The van der Waals surface area contributed by atoms with Crippen LogP contribution >= 0.6 is 11.8 Å². The standard InChI is InChI=1S/C16H28O2S/c17-15(11-13-3-1-2-4-13)14-5-8-18-16(12-14)6-9-19-10-7-16/h13-15,17H,1-12H2. The fraction of sp³-hybridized carbons (Fsp3) is 1.00. The molecule has 1 aliphatic carbocycles. The second kappa shape index (κ2) is 6.36. The van der Waals surface area contributed by atoms with E-state index in [2.05, 4.69) is 11.8 Å². The zero-order valence-corrected chi connectivity index (χ0v) is 12.8. The van der Waals surface area contributed by atoms with E-state index in [0.717, 1.165) is 31.8 Å². The third-order valence-corrected chi connectivity index (χ3v) is 6.51. The highest BCUT2D eigenvalue weighted by Gasteiger charge is 2.41. The van der Waals surface area contributed by atoms with Crippen LogP contribution < -0.4 is 0 Å². The number of hydrogen-bond donors (Lipinski definition) is 1. The van der Waals surface area contributed by atoms with Crippen LogP contribution in [0.1, 0.15) is 57.8 Å². The summed E-state index contributed by atoms with van der Waals surface area (Å²) in [7, 11) is 0. The lowest BCUT2D eigenvalue weighted by atomic mass is 9.77. The predicted molar refractivity (Wildman–Crippen MR) is 80.5 cm³/mol. The molecule has 1 N–H and O–H groups in total. The van der Waals surface area contributed by atoms with E-state index in [1.807, 2.05) is 0 Å². The molecule has 3 aliphatic rings. The maximum absolute atomic E-state index is 10.6. The third-order valence-electron chi connectivity index (χ3n) is 5.53. The van der Waals surface area contributed by atoms with Crippen molar-refractivity contribution in [3.63, 3.8) is 0 Å². The Bertz CT molecular complexity index is 277. The van der Waals surface area contributed by atoms with Gasteiger partial charge in [-0.15, -0.1) is 0 Å². The van der Waals surface area contributed by atoms with Gasteiger partial charge in [0.15, 0.2) is 0 Å².